The first-order valence-corrected chi connectivity index (χ1v) is 7.77. The Labute approximate surface area is 133 Å². The van der Waals surface area contributed by atoms with Crippen LogP contribution in [0.25, 0.3) is 0 Å². The molecule has 0 radical (unpaired) electrons. The highest BCUT2D eigenvalue weighted by Gasteiger charge is 2.13. The molecule has 1 unspecified atom stereocenters. The van der Waals surface area contributed by atoms with Crippen molar-refractivity contribution in [1.29, 1.82) is 0 Å². The zero-order valence-corrected chi connectivity index (χ0v) is 13.8. The largest absolute Gasteiger partial charge is 0.457 e. The molecular weight excluding hydrogens is 333 g/mol. The lowest BCUT2D eigenvalue weighted by molar-refractivity contribution is 0.460. The number of benzene rings is 2. The number of nitrogens with two attached hydrogens (primary N) is 1. The first-order chi connectivity index (χ1) is 10.0. The third kappa shape index (κ3) is 4.05. The molecule has 0 aliphatic heterocycles. The van der Waals surface area contributed by atoms with Crippen LogP contribution in [-0.4, -0.2) is 6.04 Å². The molecule has 0 aliphatic carbocycles. The van der Waals surface area contributed by atoms with Gasteiger partial charge in [0.05, 0.1) is 0 Å². The van der Waals surface area contributed by atoms with E-state index in [-0.39, 0.29) is 11.9 Å². The maximum atomic E-state index is 14.0. The predicted molar refractivity (Wildman–Crippen MR) is 87.3 cm³/mol. The van der Waals surface area contributed by atoms with Gasteiger partial charge in [-0.3, -0.25) is 0 Å². The van der Waals surface area contributed by atoms with E-state index in [1.54, 1.807) is 12.1 Å². The molecule has 21 heavy (non-hydrogen) atoms. The van der Waals surface area contributed by atoms with Gasteiger partial charge in [-0.2, -0.15) is 0 Å². The molecule has 0 saturated carbocycles. The number of ether oxygens (including phenoxy) is 1. The normalized spacial score (nSPS) is 12.2. The Bertz CT molecular complexity index is 630. The van der Waals surface area contributed by atoms with Crippen molar-refractivity contribution in [1.82, 2.24) is 0 Å². The van der Waals surface area contributed by atoms with E-state index < -0.39 is 0 Å². The fourth-order valence-corrected chi connectivity index (χ4v) is 2.29. The van der Waals surface area contributed by atoms with Crippen molar-refractivity contribution in [2.75, 3.05) is 0 Å². The summed E-state index contributed by atoms with van der Waals surface area (Å²) in [5.74, 6) is 0.943. The average molecular weight is 352 g/mol. The Morgan fingerprint density at radius 3 is 2.71 bits per heavy atom. The summed E-state index contributed by atoms with van der Waals surface area (Å²) in [6.45, 7) is 3.97. The molecule has 0 amide bonds. The third-order valence-electron chi connectivity index (χ3n) is 3.42. The lowest BCUT2D eigenvalue weighted by atomic mass is 10.0. The molecule has 0 bridgehead atoms. The van der Waals surface area contributed by atoms with E-state index in [9.17, 15) is 4.39 Å². The van der Waals surface area contributed by atoms with Crippen LogP contribution in [0, 0.1) is 12.7 Å². The topological polar surface area (TPSA) is 35.2 Å². The summed E-state index contributed by atoms with van der Waals surface area (Å²) in [6.07, 6.45) is 1.26. The minimum atomic E-state index is -0.273. The number of aryl methyl sites for hydroxylation is 1. The Kier molecular flexibility index (Phi) is 5.37. The molecule has 2 aromatic carbocycles. The molecule has 2 rings (SSSR count). The Balaban J connectivity index is 2.30. The first-order valence-electron chi connectivity index (χ1n) is 6.98. The number of halogens is 2. The summed E-state index contributed by atoms with van der Waals surface area (Å²) in [7, 11) is 0. The van der Waals surface area contributed by atoms with Crippen LogP contribution in [0.15, 0.2) is 40.9 Å². The minimum Gasteiger partial charge on any atom is -0.457 e. The number of hydrogen-bond donors (Lipinski definition) is 1. The molecule has 2 aromatic rings. The molecular formula is C17H19BrFNO. The van der Waals surface area contributed by atoms with Crippen LogP contribution >= 0.6 is 15.9 Å². The average Bonchev–Trinajstić information content (AvgIpc) is 2.46. The van der Waals surface area contributed by atoms with E-state index in [0.29, 0.717) is 23.5 Å². The molecule has 0 spiro atoms. The third-order valence-corrected chi connectivity index (χ3v) is 4.31. The van der Waals surface area contributed by atoms with E-state index in [1.165, 1.54) is 6.07 Å². The summed E-state index contributed by atoms with van der Waals surface area (Å²) in [5, 5.41) is 0. The number of hydrogen-bond acceptors (Lipinski definition) is 2. The van der Waals surface area contributed by atoms with Gasteiger partial charge in [0.1, 0.15) is 17.3 Å². The molecule has 112 valence electrons. The van der Waals surface area contributed by atoms with Gasteiger partial charge in [-0.05, 0) is 55.7 Å². The predicted octanol–water partition coefficient (Wildman–Crippen LogP) is 4.97. The van der Waals surface area contributed by atoms with Gasteiger partial charge in [0.25, 0.3) is 0 Å². The summed E-state index contributed by atoms with van der Waals surface area (Å²) in [4.78, 5) is 0. The summed E-state index contributed by atoms with van der Waals surface area (Å²) < 4.78 is 20.9. The smallest absolute Gasteiger partial charge is 0.133 e. The van der Waals surface area contributed by atoms with Crippen LogP contribution < -0.4 is 10.5 Å². The zero-order valence-electron chi connectivity index (χ0n) is 12.2. The van der Waals surface area contributed by atoms with Crippen molar-refractivity contribution in [3.05, 3.63) is 57.8 Å². The van der Waals surface area contributed by atoms with Crippen molar-refractivity contribution in [2.45, 2.75) is 32.7 Å². The second-order valence-electron chi connectivity index (χ2n) is 5.10. The second-order valence-corrected chi connectivity index (χ2v) is 5.96. The fraction of sp³-hybridized carbons (Fsp3) is 0.294. The molecule has 2 nitrogen and oxygen atoms in total. The molecule has 0 aromatic heterocycles. The van der Waals surface area contributed by atoms with Crippen molar-refractivity contribution >= 4 is 15.9 Å². The van der Waals surface area contributed by atoms with E-state index >= 15 is 0 Å². The van der Waals surface area contributed by atoms with Crippen molar-refractivity contribution in [3.63, 3.8) is 0 Å². The lowest BCUT2D eigenvalue weighted by Crippen LogP contribution is -2.22. The van der Waals surface area contributed by atoms with E-state index in [0.717, 1.165) is 16.5 Å². The monoisotopic (exact) mass is 351 g/mol. The van der Waals surface area contributed by atoms with Gasteiger partial charge in [0.2, 0.25) is 0 Å². The van der Waals surface area contributed by atoms with Gasteiger partial charge in [0, 0.05) is 16.1 Å². The highest BCUT2D eigenvalue weighted by atomic mass is 79.9. The quantitative estimate of drug-likeness (QED) is 0.825. The minimum absolute atomic E-state index is 0.0732. The molecule has 2 N–H and O–H groups in total. The molecule has 0 fully saturated rings. The maximum Gasteiger partial charge on any atom is 0.133 e. The lowest BCUT2D eigenvalue weighted by Gasteiger charge is -2.15. The molecule has 0 aliphatic rings. The molecule has 0 heterocycles. The van der Waals surface area contributed by atoms with Crippen molar-refractivity contribution in [3.8, 4) is 11.5 Å². The summed E-state index contributed by atoms with van der Waals surface area (Å²) in [5.41, 5.74) is 7.55. The highest BCUT2D eigenvalue weighted by molar-refractivity contribution is 9.10. The molecule has 1 atom stereocenters. The van der Waals surface area contributed by atoms with Crippen molar-refractivity contribution < 1.29 is 9.13 Å². The van der Waals surface area contributed by atoms with Gasteiger partial charge >= 0.3 is 0 Å². The van der Waals surface area contributed by atoms with Crippen LogP contribution in [0.3, 0.4) is 0 Å². The zero-order chi connectivity index (χ0) is 15.4. The van der Waals surface area contributed by atoms with Crippen LogP contribution in [0.2, 0.25) is 0 Å². The first kappa shape index (κ1) is 16.0. The Morgan fingerprint density at radius 1 is 1.29 bits per heavy atom. The van der Waals surface area contributed by atoms with E-state index in [1.807, 2.05) is 32.0 Å². The number of rotatable bonds is 5. The van der Waals surface area contributed by atoms with Crippen LogP contribution in [0.5, 0.6) is 11.5 Å². The van der Waals surface area contributed by atoms with Gasteiger partial charge in [0.15, 0.2) is 0 Å². The van der Waals surface area contributed by atoms with Gasteiger partial charge in [-0.1, -0.05) is 28.9 Å². The Hall–Kier alpha value is -1.39. The standard InChI is InChI=1S/C17H19BrFNO/c1-3-12(20)10-14-16(19)5-4-6-17(14)21-13-7-8-15(18)11(2)9-13/h4-9,12H,3,10,20H2,1-2H3. The van der Waals surface area contributed by atoms with E-state index in [4.69, 9.17) is 10.5 Å². The van der Waals surface area contributed by atoms with Crippen LogP contribution in [-0.2, 0) is 6.42 Å². The van der Waals surface area contributed by atoms with Crippen LogP contribution in [0.1, 0.15) is 24.5 Å². The molecule has 4 heteroatoms. The van der Waals surface area contributed by atoms with Crippen molar-refractivity contribution in [2.24, 2.45) is 5.73 Å². The van der Waals surface area contributed by atoms with Gasteiger partial charge in [-0.25, -0.2) is 4.39 Å². The summed E-state index contributed by atoms with van der Waals surface area (Å²) >= 11 is 3.45. The van der Waals surface area contributed by atoms with E-state index in [2.05, 4.69) is 15.9 Å². The van der Waals surface area contributed by atoms with Crippen LogP contribution in [0.4, 0.5) is 4.39 Å². The Morgan fingerprint density at radius 2 is 2.05 bits per heavy atom. The molecule has 0 saturated heterocycles. The van der Waals surface area contributed by atoms with Gasteiger partial charge in [-0.15, -0.1) is 0 Å². The van der Waals surface area contributed by atoms with Gasteiger partial charge < -0.3 is 10.5 Å². The second kappa shape index (κ2) is 7.05. The fourth-order valence-electron chi connectivity index (χ4n) is 2.05. The highest BCUT2D eigenvalue weighted by Crippen LogP contribution is 2.30. The SMILES string of the molecule is CCC(N)Cc1c(F)cccc1Oc1ccc(Br)c(C)c1. The maximum absolute atomic E-state index is 14.0. The summed E-state index contributed by atoms with van der Waals surface area (Å²) in [6, 6.07) is 10.5.